The maximum atomic E-state index is 12.4. The fourth-order valence-electron chi connectivity index (χ4n) is 2.79. The number of amides is 2. The molecule has 0 radical (unpaired) electrons. The molecule has 1 aliphatic rings. The fourth-order valence-corrected chi connectivity index (χ4v) is 2.79. The van der Waals surface area contributed by atoms with Crippen LogP contribution < -0.4 is 19.7 Å². The number of aryl methyl sites for hydroxylation is 1. The van der Waals surface area contributed by atoms with E-state index in [1.807, 2.05) is 43.3 Å². The van der Waals surface area contributed by atoms with Gasteiger partial charge in [-0.25, -0.2) is 0 Å². The maximum Gasteiger partial charge on any atom is 0.268 e. The van der Waals surface area contributed by atoms with Crippen molar-refractivity contribution in [3.05, 3.63) is 54.1 Å². The van der Waals surface area contributed by atoms with Gasteiger partial charge in [-0.1, -0.05) is 24.3 Å². The van der Waals surface area contributed by atoms with Crippen molar-refractivity contribution in [1.82, 2.24) is 5.32 Å². The molecular weight excluding hydrogens is 332 g/mol. The van der Waals surface area contributed by atoms with E-state index in [1.54, 1.807) is 19.1 Å². The normalized spacial score (nSPS) is 15.8. The molecule has 2 aromatic rings. The average molecular weight is 354 g/mol. The predicted octanol–water partition coefficient (Wildman–Crippen LogP) is 2.30. The minimum atomic E-state index is -0.609. The number of anilines is 1. The number of nitrogens with one attached hydrogen (secondary N) is 1. The second kappa shape index (κ2) is 7.91. The van der Waals surface area contributed by atoms with Gasteiger partial charge < -0.3 is 14.8 Å². The largest absolute Gasteiger partial charge is 0.492 e. The summed E-state index contributed by atoms with van der Waals surface area (Å²) < 4.78 is 11.2. The Kier molecular flexibility index (Phi) is 5.41. The lowest BCUT2D eigenvalue weighted by Crippen LogP contribution is -2.49. The van der Waals surface area contributed by atoms with Crippen molar-refractivity contribution in [2.45, 2.75) is 20.0 Å². The van der Waals surface area contributed by atoms with Crippen molar-refractivity contribution in [2.75, 3.05) is 24.6 Å². The molecule has 3 rings (SSSR count). The molecule has 1 unspecified atom stereocenters. The molecule has 26 heavy (non-hydrogen) atoms. The van der Waals surface area contributed by atoms with E-state index < -0.39 is 6.10 Å². The average Bonchev–Trinajstić information content (AvgIpc) is 2.63. The number of rotatable bonds is 6. The molecule has 136 valence electrons. The number of fused-ring (bicyclic) bond motifs is 1. The smallest absolute Gasteiger partial charge is 0.268 e. The highest BCUT2D eigenvalue weighted by molar-refractivity contribution is 6.03. The Hall–Kier alpha value is -3.02. The molecule has 2 aromatic carbocycles. The van der Waals surface area contributed by atoms with Gasteiger partial charge in [0.25, 0.3) is 5.91 Å². The zero-order valence-corrected chi connectivity index (χ0v) is 14.9. The molecule has 0 aliphatic carbocycles. The van der Waals surface area contributed by atoms with Gasteiger partial charge in [0.15, 0.2) is 6.10 Å². The van der Waals surface area contributed by atoms with Crippen molar-refractivity contribution < 1.29 is 19.1 Å². The molecule has 2 amide bonds. The Morgan fingerprint density at radius 1 is 1.23 bits per heavy atom. The number of ether oxygens (including phenoxy) is 2. The van der Waals surface area contributed by atoms with Crippen LogP contribution in [0.2, 0.25) is 0 Å². The number of carbonyl (C=O) groups is 2. The van der Waals surface area contributed by atoms with Crippen molar-refractivity contribution in [3.63, 3.8) is 0 Å². The van der Waals surface area contributed by atoms with Crippen LogP contribution in [0.4, 0.5) is 5.69 Å². The molecule has 1 atom stereocenters. The van der Waals surface area contributed by atoms with Crippen molar-refractivity contribution in [1.29, 1.82) is 0 Å². The van der Waals surface area contributed by atoms with Gasteiger partial charge in [0.1, 0.15) is 24.7 Å². The van der Waals surface area contributed by atoms with Gasteiger partial charge in [-0.3, -0.25) is 14.5 Å². The van der Waals surface area contributed by atoms with E-state index in [1.165, 1.54) is 4.90 Å². The summed E-state index contributed by atoms with van der Waals surface area (Å²) in [5, 5.41) is 2.78. The Morgan fingerprint density at radius 2 is 2.04 bits per heavy atom. The quantitative estimate of drug-likeness (QED) is 0.809. The summed E-state index contributed by atoms with van der Waals surface area (Å²) in [6.45, 7) is 4.35. The maximum absolute atomic E-state index is 12.4. The first-order chi connectivity index (χ1) is 12.5. The summed E-state index contributed by atoms with van der Waals surface area (Å²) in [6.07, 6.45) is -0.609. The second-order valence-corrected chi connectivity index (χ2v) is 6.17. The lowest BCUT2D eigenvalue weighted by atomic mass is 10.2. The number of benzene rings is 2. The van der Waals surface area contributed by atoms with Crippen molar-refractivity contribution >= 4 is 17.5 Å². The van der Waals surface area contributed by atoms with Gasteiger partial charge >= 0.3 is 0 Å². The summed E-state index contributed by atoms with van der Waals surface area (Å²) in [7, 11) is 0. The third-order valence-corrected chi connectivity index (χ3v) is 4.06. The van der Waals surface area contributed by atoms with Crippen molar-refractivity contribution in [3.8, 4) is 11.5 Å². The van der Waals surface area contributed by atoms with Gasteiger partial charge in [0, 0.05) is 0 Å². The molecular formula is C20H22N2O4. The van der Waals surface area contributed by atoms with Gasteiger partial charge in [-0.05, 0) is 43.7 Å². The number of carbonyl (C=O) groups excluding carboxylic acids is 2. The molecule has 1 N–H and O–H groups in total. The lowest BCUT2D eigenvalue weighted by molar-refractivity contribution is -0.128. The summed E-state index contributed by atoms with van der Waals surface area (Å²) in [6, 6.07) is 14.9. The van der Waals surface area contributed by atoms with E-state index in [4.69, 9.17) is 9.47 Å². The number of para-hydroxylation sites is 2. The highest BCUT2D eigenvalue weighted by Crippen LogP contribution is 2.33. The number of hydrogen-bond donors (Lipinski definition) is 1. The third kappa shape index (κ3) is 4.14. The van der Waals surface area contributed by atoms with Crippen molar-refractivity contribution in [2.24, 2.45) is 0 Å². The van der Waals surface area contributed by atoms with Crippen LogP contribution in [0, 0.1) is 6.92 Å². The monoisotopic (exact) mass is 354 g/mol. The molecule has 1 heterocycles. The van der Waals surface area contributed by atoms with Crippen LogP contribution in [0.5, 0.6) is 11.5 Å². The second-order valence-electron chi connectivity index (χ2n) is 6.17. The zero-order chi connectivity index (χ0) is 18.5. The molecule has 0 fully saturated rings. The van der Waals surface area contributed by atoms with E-state index >= 15 is 0 Å². The minimum Gasteiger partial charge on any atom is -0.492 e. The Bertz CT molecular complexity index is 806. The summed E-state index contributed by atoms with van der Waals surface area (Å²) >= 11 is 0. The summed E-state index contributed by atoms with van der Waals surface area (Å²) in [5.74, 6) is 0.908. The van der Waals surface area contributed by atoms with Crippen LogP contribution in [0.15, 0.2) is 48.5 Å². The van der Waals surface area contributed by atoms with E-state index in [0.717, 1.165) is 11.3 Å². The first kappa shape index (κ1) is 17.8. The molecule has 0 aromatic heterocycles. The first-order valence-electron chi connectivity index (χ1n) is 8.58. The summed E-state index contributed by atoms with van der Waals surface area (Å²) in [4.78, 5) is 26.1. The number of hydrogen-bond acceptors (Lipinski definition) is 4. The standard InChI is InChI=1S/C20H22N2O4/c1-14-6-5-7-16(12-14)25-11-10-21-19(23)13-22-17-8-3-4-9-18(17)26-15(2)20(22)24/h3-9,12,15H,10-11,13H2,1-2H3,(H,21,23). The van der Waals surface area contributed by atoms with Crippen LogP contribution in [-0.4, -0.2) is 37.6 Å². The Morgan fingerprint density at radius 3 is 2.85 bits per heavy atom. The molecule has 1 aliphatic heterocycles. The van der Waals surface area contributed by atoms with Gasteiger partial charge in [0.2, 0.25) is 5.91 Å². The Labute approximate surface area is 152 Å². The van der Waals surface area contributed by atoms with Crippen LogP contribution in [-0.2, 0) is 9.59 Å². The van der Waals surface area contributed by atoms with Crippen LogP contribution in [0.25, 0.3) is 0 Å². The fraction of sp³-hybridized carbons (Fsp3) is 0.300. The number of nitrogens with zero attached hydrogens (tertiary/aromatic N) is 1. The highest BCUT2D eigenvalue weighted by Gasteiger charge is 2.32. The molecule has 6 heteroatoms. The first-order valence-corrected chi connectivity index (χ1v) is 8.58. The van der Waals surface area contributed by atoms with Crippen LogP contribution in [0.1, 0.15) is 12.5 Å². The summed E-state index contributed by atoms with van der Waals surface area (Å²) in [5.41, 5.74) is 1.73. The van der Waals surface area contributed by atoms with Gasteiger partial charge in [-0.2, -0.15) is 0 Å². The molecule has 0 saturated carbocycles. The van der Waals surface area contributed by atoms with Crippen LogP contribution >= 0.6 is 0 Å². The molecule has 0 saturated heterocycles. The molecule has 0 bridgehead atoms. The van der Waals surface area contributed by atoms with E-state index in [9.17, 15) is 9.59 Å². The van der Waals surface area contributed by atoms with Crippen LogP contribution in [0.3, 0.4) is 0 Å². The predicted molar refractivity (Wildman–Crippen MR) is 98.6 cm³/mol. The molecule has 6 nitrogen and oxygen atoms in total. The van der Waals surface area contributed by atoms with E-state index in [-0.39, 0.29) is 18.4 Å². The van der Waals surface area contributed by atoms with Gasteiger partial charge in [-0.15, -0.1) is 0 Å². The SMILES string of the molecule is Cc1cccc(OCCNC(=O)CN2C(=O)C(C)Oc3ccccc32)c1. The van der Waals surface area contributed by atoms with E-state index in [2.05, 4.69) is 5.32 Å². The highest BCUT2D eigenvalue weighted by atomic mass is 16.5. The third-order valence-electron chi connectivity index (χ3n) is 4.06. The minimum absolute atomic E-state index is 0.0476. The topological polar surface area (TPSA) is 67.9 Å². The molecule has 0 spiro atoms. The van der Waals surface area contributed by atoms with E-state index in [0.29, 0.717) is 24.6 Å². The van der Waals surface area contributed by atoms with Gasteiger partial charge in [0.05, 0.1) is 12.2 Å². The lowest BCUT2D eigenvalue weighted by Gasteiger charge is -2.32. The zero-order valence-electron chi connectivity index (χ0n) is 14.9. The Balaban J connectivity index is 1.52.